The van der Waals surface area contributed by atoms with Crippen LogP contribution in [-0.4, -0.2) is 34.9 Å². The van der Waals surface area contributed by atoms with Crippen molar-refractivity contribution in [1.29, 1.82) is 0 Å². The van der Waals surface area contributed by atoms with Crippen LogP contribution >= 0.6 is 11.8 Å². The number of rotatable bonds is 2. The molecule has 0 saturated carbocycles. The van der Waals surface area contributed by atoms with Crippen LogP contribution in [-0.2, 0) is 9.53 Å². The fourth-order valence-corrected chi connectivity index (χ4v) is 3.63. The molecule has 1 aliphatic rings. The van der Waals surface area contributed by atoms with Crippen LogP contribution in [0.3, 0.4) is 0 Å². The molecule has 1 amide bonds. The Hall–Kier alpha value is -2.28. The zero-order valence-corrected chi connectivity index (χ0v) is 13.0. The van der Waals surface area contributed by atoms with Gasteiger partial charge in [0.15, 0.2) is 5.82 Å². The molecule has 0 bridgehead atoms. The van der Waals surface area contributed by atoms with Crippen LogP contribution in [0.25, 0.3) is 0 Å². The Kier molecular flexibility index (Phi) is 3.89. The number of ether oxygens (including phenoxy) is 1. The van der Waals surface area contributed by atoms with Crippen molar-refractivity contribution in [1.82, 2.24) is 10.2 Å². The van der Waals surface area contributed by atoms with Crippen LogP contribution in [0.1, 0.15) is 32.4 Å². The van der Waals surface area contributed by atoms with E-state index in [2.05, 4.69) is 15.5 Å². The maximum absolute atomic E-state index is 11.8. The highest BCUT2D eigenvalue weighted by atomic mass is 32.2. The lowest BCUT2D eigenvalue weighted by atomic mass is 10.0. The smallest absolute Gasteiger partial charge is 0.337 e. The number of nitrogens with zero attached hydrogens (tertiary/aromatic N) is 1. The molecule has 0 aliphatic carbocycles. The number of carbonyl (C=O) groups excluding carboxylic acids is 2. The second-order valence-corrected chi connectivity index (χ2v) is 6.06. The van der Waals surface area contributed by atoms with E-state index >= 15 is 0 Å². The van der Waals surface area contributed by atoms with Gasteiger partial charge < -0.3 is 10.1 Å². The lowest BCUT2D eigenvalue weighted by Gasteiger charge is -2.15. The Morgan fingerprint density at radius 1 is 1.36 bits per heavy atom. The standard InChI is InChI=1S/C15H15N3O3S/c1-8-12-13(22-7-11(19)16-14(12)18-17-8)9-3-5-10(6-4-9)15(20)21-2/h3-6,13H,7H2,1-2H3,(H2,16,17,18,19)/t13-/m1/s1. The quantitative estimate of drug-likeness (QED) is 0.830. The van der Waals surface area contributed by atoms with Gasteiger partial charge in [0.25, 0.3) is 0 Å². The topological polar surface area (TPSA) is 84.1 Å². The van der Waals surface area contributed by atoms with E-state index in [0.29, 0.717) is 17.1 Å². The predicted octanol–water partition coefficient (Wildman–Crippen LogP) is 2.28. The van der Waals surface area contributed by atoms with Crippen molar-refractivity contribution in [2.75, 3.05) is 18.2 Å². The number of methoxy groups -OCH3 is 1. The number of aromatic amines is 1. The zero-order chi connectivity index (χ0) is 15.7. The van der Waals surface area contributed by atoms with E-state index in [0.717, 1.165) is 16.8 Å². The summed E-state index contributed by atoms with van der Waals surface area (Å²) in [5.74, 6) is 0.511. The second kappa shape index (κ2) is 5.84. The average Bonchev–Trinajstić information content (AvgIpc) is 2.79. The van der Waals surface area contributed by atoms with Crippen LogP contribution in [0, 0.1) is 6.92 Å². The number of nitrogens with one attached hydrogen (secondary N) is 2. The average molecular weight is 317 g/mol. The van der Waals surface area contributed by atoms with Crippen molar-refractivity contribution in [3.63, 3.8) is 0 Å². The maximum atomic E-state index is 11.8. The van der Waals surface area contributed by atoms with Gasteiger partial charge in [-0.3, -0.25) is 9.89 Å². The Balaban J connectivity index is 1.98. The first kappa shape index (κ1) is 14.6. The van der Waals surface area contributed by atoms with Gasteiger partial charge in [0.1, 0.15) is 0 Å². The minimum Gasteiger partial charge on any atom is -0.465 e. The number of esters is 1. The number of aromatic nitrogens is 2. The zero-order valence-electron chi connectivity index (χ0n) is 12.2. The fourth-order valence-electron chi connectivity index (χ4n) is 2.44. The fraction of sp³-hybridized carbons (Fsp3) is 0.267. The van der Waals surface area contributed by atoms with Gasteiger partial charge in [-0.05, 0) is 24.6 Å². The summed E-state index contributed by atoms with van der Waals surface area (Å²) in [5, 5.41) is 9.86. The van der Waals surface area contributed by atoms with E-state index in [1.54, 1.807) is 12.1 Å². The number of thioether (sulfide) groups is 1. The molecule has 0 unspecified atom stereocenters. The molecule has 1 atom stereocenters. The monoisotopic (exact) mass is 317 g/mol. The van der Waals surface area contributed by atoms with Crippen LogP contribution in [0.4, 0.5) is 5.82 Å². The van der Waals surface area contributed by atoms with Gasteiger partial charge in [0, 0.05) is 11.3 Å². The third kappa shape index (κ3) is 2.59. The number of H-pyrrole nitrogens is 1. The van der Waals surface area contributed by atoms with Crippen molar-refractivity contribution in [2.24, 2.45) is 0 Å². The number of amides is 1. The molecule has 0 saturated heterocycles. The summed E-state index contributed by atoms with van der Waals surface area (Å²) in [4.78, 5) is 23.3. The summed E-state index contributed by atoms with van der Waals surface area (Å²) in [6.45, 7) is 1.93. The number of carbonyl (C=O) groups is 2. The molecule has 2 heterocycles. The first-order valence-corrected chi connectivity index (χ1v) is 7.79. The van der Waals surface area contributed by atoms with E-state index in [4.69, 9.17) is 4.74 Å². The maximum Gasteiger partial charge on any atom is 0.337 e. The number of fused-ring (bicyclic) bond motifs is 1. The van der Waals surface area contributed by atoms with Crippen LogP contribution in [0.5, 0.6) is 0 Å². The molecule has 2 N–H and O–H groups in total. The van der Waals surface area contributed by atoms with Crippen LogP contribution in [0.15, 0.2) is 24.3 Å². The molecular formula is C15H15N3O3S. The molecule has 2 aromatic rings. The molecule has 1 aliphatic heterocycles. The summed E-state index contributed by atoms with van der Waals surface area (Å²) in [7, 11) is 1.36. The Labute approximate surface area is 131 Å². The van der Waals surface area contributed by atoms with Crippen LogP contribution < -0.4 is 5.32 Å². The Morgan fingerprint density at radius 2 is 2.09 bits per heavy atom. The summed E-state index contributed by atoms with van der Waals surface area (Å²) in [5.41, 5.74) is 3.41. The Morgan fingerprint density at radius 3 is 2.77 bits per heavy atom. The van der Waals surface area contributed by atoms with Gasteiger partial charge in [-0.2, -0.15) is 5.10 Å². The molecule has 0 spiro atoms. The van der Waals surface area contributed by atoms with E-state index in [9.17, 15) is 9.59 Å². The molecule has 0 radical (unpaired) electrons. The highest BCUT2D eigenvalue weighted by Gasteiger charge is 2.28. The largest absolute Gasteiger partial charge is 0.465 e. The Bertz CT molecular complexity index is 724. The third-order valence-corrected chi connectivity index (χ3v) is 4.80. The number of aryl methyl sites for hydroxylation is 1. The lowest BCUT2D eigenvalue weighted by molar-refractivity contribution is -0.113. The van der Waals surface area contributed by atoms with Gasteiger partial charge in [0.05, 0.1) is 23.7 Å². The molecule has 1 aromatic heterocycles. The van der Waals surface area contributed by atoms with E-state index < -0.39 is 0 Å². The van der Waals surface area contributed by atoms with E-state index in [1.807, 2.05) is 19.1 Å². The van der Waals surface area contributed by atoms with Gasteiger partial charge >= 0.3 is 5.97 Å². The van der Waals surface area contributed by atoms with Crippen molar-refractivity contribution in [3.05, 3.63) is 46.6 Å². The normalized spacial score (nSPS) is 17.4. The molecule has 0 fully saturated rings. The van der Waals surface area contributed by atoms with Gasteiger partial charge in [-0.15, -0.1) is 11.8 Å². The highest BCUT2D eigenvalue weighted by molar-refractivity contribution is 8.00. The van der Waals surface area contributed by atoms with Gasteiger partial charge in [-0.25, -0.2) is 4.79 Å². The first-order chi connectivity index (χ1) is 10.6. The van der Waals surface area contributed by atoms with Gasteiger partial charge in [0.2, 0.25) is 5.91 Å². The van der Waals surface area contributed by atoms with Crippen molar-refractivity contribution >= 4 is 29.5 Å². The SMILES string of the molecule is COC(=O)c1ccc([C@H]2SCC(=O)Nc3n[nH]c(C)c32)cc1. The van der Waals surface area contributed by atoms with Crippen molar-refractivity contribution in [2.45, 2.75) is 12.2 Å². The van der Waals surface area contributed by atoms with E-state index in [1.165, 1.54) is 18.9 Å². The summed E-state index contributed by atoms with van der Waals surface area (Å²) < 4.78 is 4.70. The number of anilines is 1. The highest BCUT2D eigenvalue weighted by Crippen LogP contribution is 2.42. The summed E-state index contributed by atoms with van der Waals surface area (Å²) in [6.07, 6.45) is 0. The molecule has 6 nitrogen and oxygen atoms in total. The molecule has 22 heavy (non-hydrogen) atoms. The summed E-state index contributed by atoms with van der Waals surface area (Å²) in [6, 6.07) is 7.24. The van der Waals surface area contributed by atoms with Crippen molar-refractivity contribution in [3.8, 4) is 0 Å². The molecular weight excluding hydrogens is 302 g/mol. The second-order valence-electron chi connectivity index (χ2n) is 4.96. The first-order valence-electron chi connectivity index (χ1n) is 6.74. The summed E-state index contributed by atoms with van der Waals surface area (Å²) >= 11 is 1.54. The van der Waals surface area contributed by atoms with E-state index in [-0.39, 0.29) is 17.1 Å². The molecule has 114 valence electrons. The lowest BCUT2D eigenvalue weighted by Crippen LogP contribution is -2.12. The molecule has 1 aromatic carbocycles. The number of hydrogen-bond acceptors (Lipinski definition) is 5. The predicted molar refractivity (Wildman–Crippen MR) is 84.0 cm³/mol. The molecule has 7 heteroatoms. The van der Waals surface area contributed by atoms with Crippen LogP contribution in [0.2, 0.25) is 0 Å². The third-order valence-electron chi connectivity index (χ3n) is 3.53. The molecule has 3 rings (SSSR count). The number of benzene rings is 1. The number of hydrogen-bond donors (Lipinski definition) is 2. The minimum absolute atomic E-state index is 0.0144. The van der Waals surface area contributed by atoms with Gasteiger partial charge in [-0.1, -0.05) is 12.1 Å². The minimum atomic E-state index is -0.364. The van der Waals surface area contributed by atoms with Crippen molar-refractivity contribution < 1.29 is 14.3 Å².